The number of hydrogen-bond acceptors (Lipinski definition) is 2. The molecule has 0 aromatic heterocycles. The third-order valence-corrected chi connectivity index (χ3v) is 4.51. The predicted octanol–water partition coefficient (Wildman–Crippen LogP) is 4.33. The average Bonchev–Trinajstić information content (AvgIpc) is 2.42. The van der Waals surface area contributed by atoms with E-state index in [0.29, 0.717) is 12.1 Å². The first-order chi connectivity index (χ1) is 9.15. The standard InChI is InChI=1S/C15H21BrN2O/c16-13-8-7-12(10-14(13)17)18-15(19)9-6-11-4-2-1-3-5-11/h7-8,10-11H,1-6,9,17H2,(H,18,19). The molecule has 19 heavy (non-hydrogen) atoms. The number of nitrogens with one attached hydrogen (secondary N) is 1. The molecule has 1 aliphatic rings. The molecule has 1 aromatic carbocycles. The van der Waals surface area contributed by atoms with Crippen molar-refractivity contribution in [3.05, 3.63) is 22.7 Å². The quantitative estimate of drug-likeness (QED) is 0.810. The number of nitrogen functional groups attached to an aromatic ring is 1. The first-order valence-electron chi connectivity index (χ1n) is 7.00. The van der Waals surface area contributed by atoms with Crippen LogP contribution in [0, 0.1) is 5.92 Å². The van der Waals surface area contributed by atoms with Gasteiger partial charge in [-0.05, 0) is 46.5 Å². The maximum atomic E-state index is 11.9. The Morgan fingerprint density at radius 1 is 1.32 bits per heavy atom. The summed E-state index contributed by atoms with van der Waals surface area (Å²) in [6.45, 7) is 0. The molecule has 4 heteroatoms. The van der Waals surface area contributed by atoms with E-state index >= 15 is 0 Å². The van der Waals surface area contributed by atoms with E-state index in [1.165, 1.54) is 32.1 Å². The summed E-state index contributed by atoms with van der Waals surface area (Å²) in [7, 11) is 0. The number of hydrogen-bond donors (Lipinski definition) is 2. The number of carbonyl (C=O) groups is 1. The fourth-order valence-electron chi connectivity index (χ4n) is 2.66. The van der Waals surface area contributed by atoms with E-state index in [1.807, 2.05) is 12.1 Å². The number of anilines is 2. The molecular weight excluding hydrogens is 304 g/mol. The molecule has 0 saturated heterocycles. The first-order valence-corrected chi connectivity index (χ1v) is 7.79. The molecule has 1 fully saturated rings. The summed E-state index contributed by atoms with van der Waals surface area (Å²) in [5, 5.41) is 2.91. The van der Waals surface area contributed by atoms with Gasteiger partial charge in [-0.2, -0.15) is 0 Å². The normalized spacial score (nSPS) is 16.3. The van der Waals surface area contributed by atoms with Gasteiger partial charge in [-0.3, -0.25) is 4.79 Å². The Morgan fingerprint density at radius 3 is 2.74 bits per heavy atom. The van der Waals surface area contributed by atoms with Gasteiger partial charge in [0.15, 0.2) is 0 Å². The van der Waals surface area contributed by atoms with Gasteiger partial charge >= 0.3 is 0 Å². The lowest BCUT2D eigenvalue weighted by Crippen LogP contribution is -2.15. The van der Waals surface area contributed by atoms with Crippen LogP contribution in [0.2, 0.25) is 0 Å². The third-order valence-electron chi connectivity index (χ3n) is 3.78. The second-order valence-electron chi connectivity index (χ2n) is 5.33. The third kappa shape index (κ3) is 4.53. The van der Waals surface area contributed by atoms with Gasteiger partial charge in [-0.1, -0.05) is 32.1 Å². The highest BCUT2D eigenvalue weighted by Crippen LogP contribution is 2.27. The maximum absolute atomic E-state index is 11.9. The van der Waals surface area contributed by atoms with E-state index in [1.54, 1.807) is 6.07 Å². The van der Waals surface area contributed by atoms with Crippen molar-refractivity contribution in [2.75, 3.05) is 11.1 Å². The van der Waals surface area contributed by atoms with Crippen molar-refractivity contribution < 1.29 is 4.79 Å². The number of amides is 1. The van der Waals surface area contributed by atoms with Crippen molar-refractivity contribution in [2.24, 2.45) is 5.92 Å². The second-order valence-corrected chi connectivity index (χ2v) is 6.18. The summed E-state index contributed by atoms with van der Waals surface area (Å²) in [5.41, 5.74) is 7.21. The molecule has 104 valence electrons. The summed E-state index contributed by atoms with van der Waals surface area (Å²) in [6.07, 6.45) is 8.22. The predicted molar refractivity (Wildman–Crippen MR) is 83.0 cm³/mol. The van der Waals surface area contributed by atoms with Crippen molar-refractivity contribution in [3.63, 3.8) is 0 Å². The average molecular weight is 325 g/mol. The lowest BCUT2D eigenvalue weighted by atomic mass is 9.86. The highest BCUT2D eigenvalue weighted by atomic mass is 79.9. The minimum absolute atomic E-state index is 0.0901. The van der Waals surface area contributed by atoms with Crippen LogP contribution < -0.4 is 11.1 Å². The minimum atomic E-state index is 0.0901. The van der Waals surface area contributed by atoms with Crippen LogP contribution in [0.15, 0.2) is 22.7 Å². The zero-order chi connectivity index (χ0) is 13.7. The monoisotopic (exact) mass is 324 g/mol. The molecule has 2 rings (SSSR count). The maximum Gasteiger partial charge on any atom is 0.224 e. The fraction of sp³-hybridized carbons (Fsp3) is 0.533. The number of nitrogens with two attached hydrogens (primary N) is 1. The highest BCUT2D eigenvalue weighted by Gasteiger charge is 2.14. The Morgan fingerprint density at radius 2 is 2.05 bits per heavy atom. The molecule has 3 N–H and O–H groups in total. The van der Waals surface area contributed by atoms with Gasteiger partial charge < -0.3 is 11.1 Å². The molecule has 1 amide bonds. The second kappa shape index (κ2) is 6.94. The highest BCUT2D eigenvalue weighted by molar-refractivity contribution is 9.10. The Hall–Kier alpha value is -1.03. The van der Waals surface area contributed by atoms with Crippen molar-refractivity contribution in [3.8, 4) is 0 Å². The van der Waals surface area contributed by atoms with Gasteiger partial charge in [0.2, 0.25) is 5.91 Å². The van der Waals surface area contributed by atoms with Crippen molar-refractivity contribution in [2.45, 2.75) is 44.9 Å². The largest absolute Gasteiger partial charge is 0.398 e. The van der Waals surface area contributed by atoms with Gasteiger partial charge in [-0.15, -0.1) is 0 Å². The van der Waals surface area contributed by atoms with E-state index in [9.17, 15) is 4.79 Å². The molecule has 1 aliphatic carbocycles. The summed E-state index contributed by atoms with van der Waals surface area (Å²) in [5.74, 6) is 0.835. The molecule has 3 nitrogen and oxygen atoms in total. The lowest BCUT2D eigenvalue weighted by molar-refractivity contribution is -0.116. The minimum Gasteiger partial charge on any atom is -0.398 e. The number of halogens is 1. The first kappa shape index (κ1) is 14.4. The molecule has 0 unspecified atom stereocenters. The van der Waals surface area contributed by atoms with Crippen LogP contribution in [0.4, 0.5) is 11.4 Å². The van der Waals surface area contributed by atoms with Crippen LogP contribution in [0.1, 0.15) is 44.9 Å². The van der Waals surface area contributed by atoms with Crippen LogP contribution in [0.5, 0.6) is 0 Å². The van der Waals surface area contributed by atoms with Gasteiger partial charge in [0.1, 0.15) is 0 Å². The summed E-state index contributed by atoms with van der Waals surface area (Å²) >= 11 is 3.34. The summed E-state index contributed by atoms with van der Waals surface area (Å²) in [6, 6.07) is 5.49. The fourth-order valence-corrected chi connectivity index (χ4v) is 2.90. The van der Waals surface area contributed by atoms with Crippen molar-refractivity contribution in [1.82, 2.24) is 0 Å². The molecule has 0 aliphatic heterocycles. The van der Waals surface area contributed by atoms with Gasteiger partial charge in [0, 0.05) is 22.3 Å². The zero-order valence-electron chi connectivity index (χ0n) is 11.1. The van der Waals surface area contributed by atoms with Crippen LogP contribution in [0.3, 0.4) is 0 Å². The van der Waals surface area contributed by atoms with E-state index in [4.69, 9.17) is 5.73 Å². The summed E-state index contributed by atoms with van der Waals surface area (Å²) < 4.78 is 0.854. The molecular formula is C15H21BrN2O. The molecule has 1 aromatic rings. The van der Waals surface area contributed by atoms with E-state index in [2.05, 4.69) is 21.2 Å². The van der Waals surface area contributed by atoms with Crippen LogP contribution in [-0.4, -0.2) is 5.91 Å². The van der Waals surface area contributed by atoms with Crippen LogP contribution in [-0.2, 0) is 4.79 Å². The Kier molecular flexibility index (Phi) is 5.25. The Labute approximate surface area is 123 Å². The molecule has 0 spiro atoms. The Bertz CT molecular complexity index is 442. The zero-order valence-corrected chi connectivity index (χ0v) is 12.7. The lowest BCUT2D eigenvalue weighted by Gasteiger charge is -2.21. The van der Waals surface area contributed by atoms with Crippen molar-refractivity contribution in [1.29, 1.82) is 0 Å². The Balaban J connectivity index is 1.78. The van der Waals surface area contributed by atoms with Gasteiger partial charge in [0.25, 0.3) is 0 Å². The van der Waals surface area contributed by atoms with E-state index in [0.717, 1.165) is 22.5 Å². The van der Waals surface area contributed by atoms with Crippen molar-refractivity contribution >= 4 is 33.2 Å². The van der Waals surface area contributed by atoms with E-state index in [-0.39, 0.29) is 5.91 Å². The molecule has 0 atom stereocenters. The molecule has 0 bridgehead atoms. The smallest absolute Gasteiger partial charge is 0.224 e. The number of rotatable bonds is 4. The van der Waals surface area contributed by atoms with Crippen LogP contribution >= 0.6 is 15.9 Å². The van der Waals surface area contributed by atoms with E-state index < -0.39 is 0 Å². The number of carbonyl (C=O) groups excluding carboxylic acids is 1. The topological polar surface area (TPSA) is 55.1 Å². The van der Waals surface area contributed by atoms with Crippen LogP contribution in [0.25, 0.3) is 0 Å². The molecule has 0 heterocycles. The van der Waals surface area contributed by atoms with Gasteiger partial charge in [0.05, 0.1) is 0 Å². The number of benzene rings is 1. The molecule has 1 saturated carbocycles. The molecule has 0 radical (unpaired) electrons. The summed E-state index contributed by atoms with van der Waals surface area (Å²) in [4.78, 5) is 11.9. The SMILES string of the molecule is Nc1cc(NC(=O)CCC2CCCCC2)ccc1Br. The van der Waals surface area contributed by atoms with Gasteiger partial charge in [-0.25, -0.2) is 0 Å².